The third-order valence-corrected chi connectivity index (χ3v) is 5.38. The molecule has 4 nitrogen and oxygen atoms in total. The van der Waals surface area contributed by atoms with Crippen molar-refractivity contribution in [2.75, 3.05) is 6.54 Å². The van der Waals surface area contributed by atoms with Crippen molar-refractivity contribution in [3.05, 3.63) is 75.8 Å². The highest BCUT2D eigenvalue weighted by atomic mass is 35.5. The van der Waals surface area contributed by atoms with Crippen molar-refractivity contribution in [3.63, 3.8) is 0 Å². The maximum absolute atomic E-state index is 6.03. The average molecular weight is 372 g/mol. The molecule has 2 heterocycles. The molecule has 2 aromatic carbocycles. The van der Waals surface area contributed by atoms with E-state index in [0.29, 0.717) is 10.8 Å². The highest BCUT2D eigenvalue weighted by Crippen LogP contribution is 2.22. The maximum Gasteiger partial charge on any atom is 0.200 e. The topological polar surface area (TPSA) is 38.0 Å². The van der Waals surface area contributed by atoms with Gasteiger partial charge < -0.3 is 4.90 Å². The lowest BCUT2D eigenvalue weighted by molar-refractivity contribution is -0.932. The fourth-order valence-corrected chi connectivity index (χ4v) is 4.05. The second kappa shape index (κ2) is 7.12. The zero-order chi connectivity index (χ0) is 17.2. The molecule has 1 aliphatic heterocycles. The summed E-state index contributed by atoms with van der Waals surface area (Å²) in [5.41, 5.74) is 2.36. The van der Waals surface area contributed by atoms with Gasteiger partial charge in [0.1, 0.15) is 12.6 Å². The third-order valence-electron chi connectivity index (χ3n) is 4.85. The number of aromatic nitrogens is 3. The summed E-state index contributed by atoms with van der Waals surface area (Å²) in [6.45, 7) is 2.16. The van der Waals surface area contributed by atoms with E-state index in [-0.39, 0.29) is 0 Å². The Balaban J connectivity index is 1.67. The van der Waals surface area contributed by atoms with Gasteiger partial charge in [0, 0.05) is 29.1 Å². The summed E-state index contributed by atoms with van der Waals surface area (Å²) in [7, 11) is 0. The number of quaternary nitrogens is 1. The van der Waals surface area contributed by atoms with E-state index < -0.39 is 0 Å². The first-order chi connectivity index (χ1) is 12.2. The quantitative estimate of drug-likeness (QED) is 0.689. The normalized spacial score (nSPS) is 20.0. The highest BCUT2D eigenvalue weighted by molar-refractivity contribution is 7.71. The zero-order valence-corrected chi connectivity index (χ0v) is 15.4. The largest absolute Gasteiger partial charge is 0.322 e. The van der Waals surface area contributed by atoms with Crippen molar-refractivity contribution in [2.45, 2.75) is 25.4 Å². The van der Waals surface area contributed by atoms with Crippen molar-refractivity contribution < 1.29 is 4.90 Å². The molecule has 2 N–H and O–H groups in total. The first-order valence-corrected chi connectivity index (χ1v) is 9.33. The van der Waals surface area contributed by atoms with Crippen LogP contribution in [-0.2, 0) is 6.54 Å². The lowest BCUT2D eigenvalue weighted by Crippen LogP contribution is -3.09. The molecule has 0 radical (unpaired) electrons. The Kier molecular flexibility index (Phi) is 4.70. The minimum atomic E-state index is 0.337. The molecule has 6 heteroatoms. The predicted molar refractivity (Wildman–Crippen MR) is 102 cm³/mol. The minimum absolute atomic E-state index is 0.337. The lowest BCUT2D eigenvalue weighted by Gasteiger charge is -2.21. The van der Waals surface area contributed by atoms with E-state index in [1.807, 2.05) is 28.8 Å². The van der Waals surface area contributed by atoms with E-state index >= 15 is 0 Å². The Hall–Kier alpha value is -1.95. The van der Waals surface area contributed by atoms with Gasteiger partial charge in [-0.2, -0.15) is 5.10 Å². The molecule has 1 aliphatic rings. The monoisotopic (exact) mass is 371 g/mol. The van der Waals surface area contributed by atoms with Crippen molar-refractivity contribution >= 4 is 23.8 Å². The summed E-state index contributed by atoms with van der Waals surface area (Å²) in [5.74, 6) is 1.01. The Labute approximate surface area is 157 Å². The third kappa shape index (κ3) is 3.40. The summed E-state index contributed by atoms with van der Waals surface area (Å²) in [4.78, 5) is 1.54. The summed E-state index contributed by atoms with van der Waals surface area (Å²) in [5, 5.41) is 8.28. The summed E-state index contributed by atoms with van der Waals surface area (Å²) < 4.78 is 2.68. The smallest absolute Gasteiger partial charge is 0.200 e. The number of H-pyrrole nitrogens is 1. The van der Waals surface area contributed by atoms with Crippen LogP contribution in [0, 0.1) is 4.77 Å². The molecule has 1 saturated heterocycles. The van der Waals surface area contributed by atoms with Crippen LogP contribution < -0.4 is 4.90 Å². The lowest BCUT2D eigenvalue weighted by atomic mass is 10.1. The number of aromatic amines is 1. The molecule has 4 rings (SSSR count). The van der Waals surface area contributed by atoms with E-state index in [2.05, 4.69) is 40.5 Å². The molecule has 128 valence electrons. The van der Waals surface area contributed by atoms with E-state index in [4.69, 9.17) is 23.8 Å². The molecule has 0 spiro atoms. The molecule has 2 atom stereocenters. The Morgan fingerprint density at radius 2 is 1.92 bits per heavy atom. The molecule has 3 aromatic rings. The van der Waals surface area contributed by atoms with Crippen LogP contribution in [0.2, 0.25) is 5.02 Å². The maximum atomic E-state index is 6.03. The molecule has 1 aromatic heterocycles. The van der Waals surface area contributed by atoms with Crippen LogP contribution in [0.3, 0.4) is 0 Å². The van der Waals surface area contributed by atoms with Crippen LogP contribution in [0.5, 0.6) is 0 Å². The van der Waals surface area contributed by atoms with Crippen LogP contribution in [0.25, 0.3) is 5.69 Å². The first kappa shape index (κ1) is 16.5. The van der Waals surface area contributed by atoms with Gasteiger partial charge in [-0.3, -0.25) is 9.67 Å². The Morgan fingerprint density at radius 3 is 2.68 bits per heavy atom. The Morgan fingerprint density at radius 1 is 1.16 bits per heavy atom. The molecular formula is C19H20ClN4S+. The number of hydrogen-bond donors (Lipinski definition) is 2. The Bertz CT molecular complexity index is 901. The summed E-state index contributed by atoms with van der Waals surface area (Å²) in [6.07, 6.45) is 2.32. The van der Waals surface area contributed by atoms with Crippen molar-refractivity contribution in [1.29, 1.82) is 0 Å². The van der Waals surface area contributed by atoms with Gasteiger partial charge in [-0.15, -0.1) is 0 Å². The number of halogens is 1. The fraction of sp³-hybridized carbons (Fsp3) is 0.263. The standard InChI is InChI=1S/C19H19ClN4S/c20-15-8-10-16(11-9-15)24-18(21-22-19(24)25)17-7-4-12-23(17)13-14-5-2-1-3-6-14/h1-3,5-6,8-11,17H,4,7,12-13H2,(H,22,25)/p+1/t17-/m0/s1. The molecule has 0 aliphatic carbocycles. The van der Waals surface area contributed by atoms with E-state index in [1.165, 1.54) is 16.9 Å². The minimum Gasteiger partial charge on any atom is -0.322 e. The van der Waals surface area contributed by atoms with Crippen LogP contribution in [0.1, 0.15) is 30.3 Å². The number of rotatable bonds is 4. The number of nitrogens with one attached hydrogen (secondary N) is 2. The molecule has 1 unspecified atom stereocenters. The predicted octanol–water partition coefficient (Wildman–Crippen LogP) is 3.50. The van der Waals surface area contributed by atoms with Gasteiger partial charge >= 0.3 is 0 Å². The molecule has 0 amide bonds. The van der Waals surface area contributed by atoms with Crippen LogP contribution in [0.15, 0.2) is 54.6 Å². The number of benzene rings is 2. The number of nitrogens with zero attached hydrogens (tertiary/aromatic N) is 2. The van der Waals surface area contributed by atoms with Crippen molar-refractivity contribution in [2.24, 2.45) is 0 Å². The van der Waals surface area contributed by atoms with E-state index in [0.717, 1.165) is 36.0 Å². The molecule has 25 heavy (non-hydrogen) atoms. The van der Waals surface area contributed by atoms with E-state index in [1.54, 1.807) is 0 Å². The molecule has 1 fully saturated rings. The highest BCUT2D eigenvalue weighted by Gasteiger charge is 2.34. The second-order valence-electron chi connectivity index (χ2n) is 6.46. The van der Waals surface area contributed by atoms with Gasteiger partial charge in [-0.1, -0.05) is 41.9 Å². The molecule has 0 saturated carbocycles. The average Bonchev–Trinajstić information content (AvgIpc) is 3.23. The molecule has 0 bridgehead atoms. The summed E-state index contributed by atoms with van der Waals surface area (Å²) >= 11 is 11.5. The SMILES string of the molecule is S=c1[nH]nc([C@@H]2CCC[NH+]2Cc2ccccc2)n1-c1ccc(Cl)cc1. The van der Waals surface area contributed by atoms with Crippen LogP contribution >= 0.6 is 23.8 Å². The number of hydrogen-bond acceptors (Lipinski definition) is 2. The van der Waals surface area contributed by atoms with Gasteiger partial charge in [-0.05, 0) is 36.5 Å². The van der Waals surface area contributed by atoms with Crippen molar-refractivity contribution in [3.8, 4) is 5.69 Å². The first-order valence-electron chi connectivity index (χ1n) is 8.54. The van der Waals surface area contributed by atoms with Crippen LogP contribution in [0.4, 0.5) is 0 Å². The molecular weight excluding hydrogens is 352 g/mol. The zero-order valence-electron chi connectivity index (χ0n) is 13.8. The van der Waals surface area contributed by atoms with Gasteiger partial charge in [0.25, 0.3) is 0 Å². The second-order valence-corrected chi connectivity index (χ2v) is 7.29. The van der Waals surface area contributed by atoms with Crippen molar-refractivity contribution in [1.82, 2.24) is 14.8 Å². The van der Waals surface area contributed by atoms with Gasteiger partial charge in [0.05, 0.1) is 6.54 Å². The number of likely N-dealkylation sites (tertiary alicyclic amines) is 1. The van der Waals surface area contributed by atoms with E-state index in [9.17, 15) is 0 Å². The van der Waals surface area contributed by atoms with Gasteiger partial charge in [0.2, 0.25) is 0 Å². The van der Waals surface area contributed by atoms with Crippen LogP contribution in [-0.4, -0.2) is 21.3 Å². The van der Waals surface area contributed by atoms with Gasteiger partial charge in [-0.25, -0.2) is 0 Å². The van der Waals surface area contributed by atoms with Gasteiger partial charge in [0.15, 0.2) is 10.6 Å². The fourth-order valence-electron chi connectivity index (χ4n) is 3.68. The summed E-state index contributed by atoms with van der Waals surface area (Å²) in [6, 6.07) is 18.7.